The summed E-state index contributed by atoms with van der Waals surface area (Å²) in [5.74, 6) is -8.40. The van der Waals surface area contributed by atoms with Gasteiger partial charge in [-0.15, -0.1) is 0 Å². The van der Waals surface area contributed by atoms with Gasteiger partial charge < -0.3 is 57.9 Å². The van der Waals surface area contributed by atoms with Crippen molar-refractivity contribution in [2.24, 2.45) is 0 Å². The third-order valence-corrected chi connectivity index (χ3v) is 10.5. The molecule has 0 unspecified atom stereocenters. The molecule has 3 aliphatic rings. The van der Waals surface area contributed by atoms with Crippen LogP contribution in [-0.2, 0) is 65.6 Å². The number of carbonyl (C=O) groups excluding carboxylic acids is 10. The van der Waals surface area contributed by atoms with Crippen molar-refractivity contribution in [2.45, 2.75) is 63.1 Å². The Balaban J connectivity index is 1.67. The van der Waals surface area contributed by atoms with Crippen molar-refractivity contribution in [1.82, 2.24) is 57.7 Å². The summed E-state index contributed by atoms with van der Waals surface area (Å²) in [6, 6.07) is 14.1. The van der Waals surface area contributed by atoms with E-state index in [4.69, 9.17) is 0 Å². The summed E-state index contributed by atoms with van der Waals surface area (Å²) in [4.78, 5) is 147. The van der Waals surface area contributed by atoms with Crippen LogP contribution in [0, 0.1) is 0 Å². The van der Waals surface area contributed by atoms with Crippen molar-refractivity contribution in [2.75, 3.05) is 72.0 Å². The maximum absolute atomic E-state index is 13.7. The van der Waals surface area contributed by atoms with Gasteiger partial charge in [-0.3, -0.25) is 57.6 Å². The number of carbonyl (C=O) groups is 11. The zero-order valence-corrected chi connectivity index (χ0v) is 37.1. The fourth-order valence-corrected chi connectivity index (χ4v) is 6.94. The first-order valence-electron chi connectivity index (χ1n) is 22.0. The second kappa shape index (κ2) is 27.8. The van der Waals surface area contributed by atoms with Crippen molar-refractivity contribution in [3.63, 3.8) is 0 Å². The van der Waals surface area contributed by atoms with E-state index in [1.807, 2.05) is 0 Å². The van der Waals surface area contributed by atoms with Gasteiger partial charge in [0.05, 0.1) is 13.0 Å². The summed E-state index contributed by atoms with van der Waals surface area (Å²) in [7, 11) is 0. The van der Waals surface area contributed by atoms with E-state index in [0.717, 1.165) is 16.0 Å². The maximum Gasteiger partial charge on any atom is 0.305 e. The Bertz CT molecular complexity index is 1970. The van der Waals surface area contributed by atoms with E-state index in [2.05, 4.69) is 47.9 Å². The first-order valence-corrected chi connectivity index (χ1v) is 22.0. The first-order chi connectivity index (χ1) is 32.1. The number of nitrogens with zero attached hydrogens (tertiary/aromatic N) is 2. The molecule has 0 aromatic heterocycles. The molecule has 3 saturated heterocycles. The number of rotatable bonds is 6. The van der Waals surface area contributed by atoms with E-state index in [1.165, 1.54) is 0 Å². The zero-order chi connectivity index (χ0) is 48.6. The van der Waals surface area contributed by atoms with Crippen molar-refractivity contribution < 1.29 is 57.8 Å². The van der Waals surface area contributed by atoms with Gasteiger partial charge in [-0.1, -0.05) is 60.7 Å². The van der Waals surface area contributed by atoms with Crippen molar-refractivity contribution in [3.8, 4) is 0 Å². The maximum atomic E-state index is 13.7. The van der Waals surface area contributed by atoms with Crippen LogP contribution in [0.2, 0.25) is 0 Å². The van der Waals surface area contributed by atoms with E-state index in [0.29, 0.717) is 0 Å². The lowest BCUT2D eigenvalue weighted by Gasteiger charge is -2.25. The number of carboxylic acids is 1. The van der Waals surface area contributed by atoms with Crippen molar-refractivity contribution in [1.29, 1.82) is 0 Å². The van der Waals surface area contributed by atoms with Gasteiger partial charge in [0.25, 0.3) is 0 Å². The molecule has 3 aliphatic heterocycles. The van der Waals surface area contributed by atoms with Gasteiger partial charge in [0.15, 0.2) is 0 Å². The largest absolute Gasteiger partial charge is 0.481 e. The number of hydrogen-bond donors (Lipinski definition) is 10. The molecule has 362 valence electrons. The molecule has 2 aromatic rings. The van der Waals surface area contributed by atoms with E-state index in [1.54, 1.807) is 65.6 Å². The molecule has 3 atom stereocenters. The van der Waals surface area contributed by atoms with E-state index < -0.39 is 109 Å². The Morgan fingerprint density at radius 3 is 1.39 bits per heavy atom. The number of carboxylic acid groups (broad SMARTS) is 1. The SMILES string of the molecule is O=C(O)C[C@@H]1NC(=O)CCN2CCNC(=O)[C@H](Cc3ccccc3)NC(=O)CCNC(=O)CN(CC(=O)NCCC(=O)N[C@@H](Cc3ccccc3)C(=O)NCC2)C(=O)CNC(=O)CCNC1=O. The highest BCUT2D eigenvalue weighted by Gasteiger charge is 2.27. The normalized spacial score (nSPS) is 22.8. The Labute approximate surface area is 386 Å². The predicted octanol–water partition coefficient (Wildman–Crippen LogP) is -4.18. The molecule has 10 amide bonds. The molecule has 23 heteroatoms. The molecule has 10 N–H and O–H groups in total. The summed E-state index contributed by atoms with van der Waals surface area (Å²) < 4.78 is 0. The molecular formula is C44H59N11O12. The predicted molar refractivity (Wildman–Crippen MR) is 238 cm³/mol. The highest BCUT2D eigenvalue weighted by molar-refractivity contribution is 5.93. The molecular weight excluding hydrogens is 875 g/mol. The molecule has 3 heterocycles. The fraction of sp³-hybridized carbons (Fsp3) is 0.477. The molecule has 0 radical (unpaired) electrons. The highest BCUT2D eigenvalue weighted by Crippen LogP contribution is 2.07. The number of aliphatic carboxylic acids is 1. The number of nitrogens with one attached hydrogen (secondary N) is 9. The molecule has 23 nitrogen and oxygen atoms in total. The molecule has 2 aromatic carbocycles. The average molecular weight is 934 g/mol. The van der Waals surface area contributed by atoms with Crippen molar-refractivity contribution in [3.05, 3.63) is 71.8 Å². The van der Waals surface area contributed by atoms with Gasteiger partial charge in [-0.05, 0) is 11.1 Å². The Hall–Kier alpha value is -7.43. The summed E-state index contributed by atoms with van der Waals surface area (Å²) in [6.07, 6.45) is -1.77. The zero-order valence-electron chi connectivity index (χ0n) is 37.1. The van der Waals surface area contributed by atoms with E-state index in [-0.39, 0.29) is 90.9 Å². The van der Waals surface area contributed by atoms with Crippen LogP contribution >= 0.6 is 0 Å². The number of amides is 10. The van der Waals surface area contributed by atoms with Gasteiger partial charge in [-0.25, -0.2) is 0 Å². The standard InChI is InChI=1S/C44H59N11O12/c56-34-11-17-47-44(67)33(25-41(63)64)53-37(59)14-20-54-21-18-48-42(65)31(23-29-7-3-1-4-8-29)51-35(57)12-15-45-38(60)27-55(40(62)26-50-34)28-39(61)46-16-13-36(58)52-32(43(66)49-19-22-54)24-30-9-5-2-6-10-30/h1-10,31-33H,11-28H2,(H,45,60)(H,46,61)(H,47,67)(H,48,65)(H,49,66)(H,50,56)(H,51,57)(H,52,58)(H,53,59)(H,63,64)/t31-,32-,33-/m0/s1. The molecule has 0 aliphatic carbocycles. The minimum absolute atomic E-state index is 0.00110. The number of fused-ring (bicyclic) bond motifs is 34. The van der Waals surface area contributed by atoms with Crippen LogP contribution in [0.3, 0.4) is 0 Å². The lowest BCUT2D eigenvalue weighted by Crippen LogP contribution is -2.52. The van der Waals surface area contributed by atoms with Crippen LogP contribution in [0.25, 0.3) is 0 Å². The van der Waals surface area contributed by atoms with E-state index in [9.17, 15) is 57.8 Å². The molecule has 5 rings (SSSR count). The van der Waals surface area contributed by atoms with Crippen molar-refractivity contribution >= 4 is 65.0 Å². The third kappa shape index (κ3) is 20.1. The summed E-state index contributed by atoms with van der Waals surface area (Å²) in [5, 5.41) is 32.7. The summed E-state index contributed by atoms with van der Waals surface area (Å²) in [6.45, 7) is -2.58. The van der Waals surface area contributed by atoms with Crippen LogP contribution in [0.5, 0.6) is 0 Å². The lowest BCUT2D eigenvalue weighted by atomic mass is 10.0. The Kier molecular flexibility index (Phi) is 21.7. The topological polar surface area (TPSA) is 323 Å². The van der Waals surface area contributed by atoms with Gasteiger partial charge in [0.2, 0.25) is 59.1 Å². The quantitative estimate of drug-likeness (QED) is 0.132. The minimum Gasteiger partial charge on any atom is -0.481 e. The molecule has 0 spiro atoms. The summed E-state index contributed by atoms with van der Waals surface area (Å²) in [5.41, 5.74) is 1.47. The second-order valence-corrected chi connectivity index (χ2v) is 15.8. The highest BCUT2D eigenvalue weighted by atomic mass is 16.4. The number of hydrogen-bond acceptors (Lipinski definition) is 12. The van der Waals surface area contributed by atoms with Crippen LogP contribution in [0.15, 0.2) is 60.7 Å². The molecule has 3 fully saturated rings. The minimum atomic E-state index is -1.54. The second-order valence-electron chi connectivity index (χ2n) is 15.8. The fourth-order valence-electron chi connectivity index (χ4n) is 6.94. The Morgan fingerprint density at radius 1 is 0.478 bits per heavy atom. The molecule has 67 heavy (non-hydrogen) atoms. The van der Waals surface area contributed by atoms with Crippen LogP contribution in [-0.4, -0.2) is 170 Å². The van der Waals surface area contributed by atoms with Crippen LogP contribution < -0.4 is 47.9 Å². The smallest absolute Gasteiger partial charge is 0.305 e. The summed E-state index contributed by atoms with van der Waals surface area (Å²) >= 11 is 0. The third-order valence-electron chi connectivity index (χ3n) is 10.5. The van der Waals surface area contributed by atoms with Gasteiger partial charge in [-0.2, -0.15) is 0 Å². The molecule has 2 bridgehead atoms. The van der Waals surface area contributed by atoms with Gasteiger partial charge >= 0.3 is 5.97 Å². The first kappa shape index (κ1) is 52.2. The molecule has 0 saturated carbocycles. The van der Waals surface area contributed by atoms with Crippen LogP contribution in [0.1, 0.15) is 43.2 Å². The lowest BCUT2D eigenvalue weighted by molar-refractivity contribution is -0.141. The Morgan fingerprint density at radius 2 is 0.896 bits per heavy atom. The average Bonchev–Trinajstić information content (AvgIpc) is 3.28. The number of benzene rings is 2. The van der Waals surface area contributed by atoms with E-state index >= 15 is 0 Å². The van der Waals surface area contributed by atoms with Gasteiger partial charge in [0, 0.05) is 90.9 Å². The van der Waals surface area contributed by atoms with Crippen LogP contribution in [0.4, 0.5) is 0 Å². The monoisotopic (exact) mass is 933 g/mol. The van der Waals surface area contributed by atoms with Gasteiger partial charge in [0.1, 0.15) is 31.2 Å².